The van der Waals surface area contributed by atoms with Crippen LogP contribution in [0.5, 0.6) is 0 Å². The van der Waals surface area contributed by atoms with E-state index < -0.39 is 0 Å². The summed E-state index contributed by atoms with van der Waals surface area (Å²) in [5.41, 5.74) is 2.51. The third kappa shape index (κ3) is 2.60. The summed E-state index contributed by atoms with van der Waals surface area (Å²) in [7, 11) is 4.12. The summed E-state index contributed by atoms with van der Waals surface area (Å²) >= 11 is 0. The van der Waals surface area contributed by atoms with Gasteiger partial charge >= 0.3 is 0 Å². The summed E-state index contributed by atoms with van der Waals surface area (Å²) in [4.78, 5) is 6.69. The van der Waals surface area contributed by atoms with Gasteiger partial charge in [0.15, 0.2) is 5.82 Å². The first kappa shape index (κ1) is 13.9. The van der Waals surface area contributed by atoms with E-state index in [0.29, 0.717) is 6.04 Å². The first-order valence-electron chi connectivity index (χ1n) is 7.57. The average Bonchev–Trinajstić information content (AvgIpc) is 2.89. The van der Waals surface area contributed by atoms with Crippen molar-refractivity contribution in [3.8, 4) is 0 Å². The topological polar surface area (TPSA) is 46.0 Å². The molecule has 0 amide bonds. The Kier molecular flexibility index (Phi) is 3.57. The van der Waals surface area contributed by atoms with Crippen molar-refractivity contribution < 1.29 is 0 Å². The molecular formula is C16H23N5. The zero-order valence-corrected chi connectivity index (χ0v) is 13.2. The van der Waals surface area contributed by atoms with Crippen molar-refractivity contribution in [1.29, 1.82) is 0 Å². The summed E-state index contributed by atoms with van der Waals surface area (Å²) in [6.07, 6.45) is 1.89. The maximum atomic E-state index is 4.65. The van der Waals surface area contributed by atoms with E-state index in [1.165, 1.54) is 11.3 Å². The van der Waals surface area contributed by atoms with Gasteiger partial charge in [0.2, 0.25) is 5.95 Å². The molecule has 0 spiro atoms. The monoisotopic (exact) mass is 285 g/mol. The van der Waals surface area contributed by atoms with Gasteiger partial charge in [0.1, 0.15) is 0 Å². The lowest BCUT2D eigenvalue weighted by Crippen LogP contribution is -2.31. The smallest absolute Gasteiger partial charge is 0.222 e. The number of fused-ring (bicyclic) bond motifs is 1. The van der Waals surface area contributed by atoms with Gasteiger partial charge in [0, 0.05) is 32.2 Å². The van der Waals surface area contributed by atoms with Crippen LogP contribution in [0.15, 0.2) is 24.3 Å². The van der Waals surface area contributed by atoms with Crippen molar-refractivity contribution in [3.05, 3.63) is 35.7 Å². The van der Waals surface area contributed by atoms with Crippen molar-refractivity contribution in [2.24, 2.45) is 0 Å². The minimum Gasteiger partial charge on any atom is -0.378 e. The van der Waals surface area contributed by atoms with Crippen LogP contribution >= 0.6 is 0 Å². The second-order valence-corrected chi connectivity index (χ2v) is 5.93. The molecule has 1 aromatic heterocycles. The van der Waals surface area contributed by atoms with Crippen LogP contribution in [-0.4, -0.2) is 34.9 Å². The van der Waals surface area contributed by atoms with E-state index in [-0.39, 0.29) is 6.04 Å². The molecule has 0 fully saturated rings. The van der Waals surface area contributed by atoms with Crippen molar-refractivity contribution in [2.75, 3.05) is 24.3 Å². The molecule has 1 aliphatic rings. The highest BCUT2D eigenvalue weighted by atomic mass is 15.4. The Morgan fingerprint density at radius 1 is 1.29 bits per heavy atom. The zero-order valence-electron chi connectivity index (χ0n) is 13.2. The molecule has 2 aromatic rings. The van der Waals surface area contributed by atoms with E-state index in [1.807, 2.05) is 4.68 Å². The van der Waals surface area contributed by atoms with Gasteiger partial charge in [0.05, 0.1) is 6.04 Å². The lowest BCUT2D eigenvalue weighted by atomic mass is 9.98. The maximum Gasteiger partial charge on any atom is 0.222 e. The van der Waals surface area contributed by atoms with Gasteiger partial charge in [-0.3, -0.25) is 0 Å². The third-order valence-electron chi connectivity index (χ3n) is 4.03. The molecule has 1 aromatic carbocycles. The van der Waals surface area contributed by atoms with E-state index in [0.717, 1.165) is 24.6 Å². The van der Waals surface area contributed by atoms with E-state index in [9.17, 15) is 0 Å². The summed E-state index contributed by atoms with van der Waals surface area (Å²) in [6.45, 7) is 4.29. The minimum atomic E-state index is 0.264. The highest BCUT2D eigenvalue weighted by Crippen LogP contribution is 2.31. The summed E-state index contributed by atoms with van der Waals surface area (Å²) in [5, 5.41) is 8.08. The molecule has 1 aliphatic heterocycles. The van der Waals surface area contributed by atoms with Gasteiger partial charge in [-0.15, -0.1) is 0 Å². The fraction of sp³-hybridized carbons (Fsp3) is 0.500. The van der Waals surface area contributed by atoms with Crippen molar-refractivity contribution in [1.82, 2.24) is 14.8 Å². The second kappa shape index (κ2) is 5.39. The number of benzene rings is 1. The Hall–Kier alpha value is -2.04. The Balaban J connectivity index is 1.96. The zero-order chi connectivity index (χ0) is 15.0. The molecule has 5 heteroatoms. The largest absolute Gasteiger partial charge is 0.378 e. The third-order valence-corrected chi connectivity index (χ3v) is 4.03. The lowest BCUT2D eigenvalue weighted by molar-refractivity contribution is 0.435. The quantitative estimate of drug-likeness (QED) is 0.942. The molecular weight excluding hydrogens is 262 g/mol. The molecule has 3 rings (SSSR count). The number of hydrogen-bond acceptors (Lipinski definition) is 4. The minimum absolute atomic E-state index is 0.264. The first-order valence-corrected chi connectivity index (χ1v) is 7.57. The number of nitrogens with zero attached hydrogens (tertiary/aromatic N) is 4. The number of aromatic nitrogens is 3. The van der Waals surface area contributed by atoms with Crippen molar-refractivity contribution >= 4 is 11.6 Å². The molecule has 0 aliphatic carbocycles. The molecule has 112 valence electrons. The van der Waals surface area contributed by atoms with Crippen LogP contribution in [0.3, 0.4) is 0 Å². The van der Waals surface area contributed by atoms with Crippen LogP contribution < -0.4 is 10.2 Å². The van der Waals surface area contributed by atoms with Crippen LogP contribution in [0.2, 0.25) is 0 Å². The van der Waals surface area contributed by atoms with Crippen LogP contribution in [0.1, 0.15) is 37.7 Å². The Morgan fingerprint density at radius 2 is 2.00 bits per heavy atom. The van der Waals surface area contributed by atoms with Gasteiger partial charge < -0.3 is 10.2 Å². The summed E-state index contributed by atoms with van der Waals surface area (Å²) in [6, 6.07) is 9.41. The van der Waals surface area contributed by atoms with Gasteiger partial charge in [0.25, 0.3) is 0 Å². The fourth-order valence-electron chi connectivity index (χ4n) is 2.82. The number of rotatable bonds is 3. The molecule has 21 heavy (non-hydrogen) atoms. The molecule has 0 bridgehead atoms. The van der Waals surface area contributed by atoms with E-state index >= 15 is 0 Å². The van der Waals surface area contributed by atoms with Crippen LogP contribution in [0.4, 0.5) is 11.6 Å². The van der Waals surface area contributed by atoms with Gasteiger partial charge in [-0.05, 0) is 31.0 Å². The Morgan fingerprint density at radius 3 is 2.62 bits per heavy atom. The maximum absolute atomic E-state index is 4.65. The van der Waals surface area contributed by atoms with Crippen LogP contribution in [-0.2, 0) is 6.42 Å². The SMILES string of the molecule is CCc1nc2n(n1)[C@H](c1ccc(N(C)C)cc1)C[C@@H](C)N2. The van der Waals surface area contributed by atoms with Crippen molar-refractivity contribution in [2.45, 2.75) is 38.8 Å². The second-order valence-electron chi connectivity index (χ2n) is 5.93. The first-order chi connectivity index (χ1) is 10.1. The molecule has 0 saturated heterocycles. The summed E-state index contributed by atoms with van der Waals surface area (Å²) < 4.78 is 2.05. The lowest BCUT2D eigenvalue weighted by Gasteiger charge is -2.29. The molecule has 5 nitrogen and oxygen atoms in total. The van der Waals surface area contributed by atoms with Crippen LogP contribution in [0, 0.1) is 0 Å². The van der Waals surface area contributed by atoms with Crippen LogP contribution in [0.25, 0.3) is 0 Å². The number of anilines is 2. The fourth-order valence-corrected chi connectivity index (χ4v) is 2.82. The molecule has 0 radical (unpaired) electrons. The number of aryl methyl sites for hydroxylation is 1. The summed E-state index contributed by atoms with van der Waals surface area (Å²) in [5.74, 6) is 1.80. The standard InChI is InChI=1S/C16H23N5/c1-5-15-18-16-17-11(2)10-14(21(16)19-15)12-6-8-13(9-7-12)20(3)4/h6-9,11,14H,5,10H2,1-4H3,(H,17,18,19)/t11-,14+/m1/s1. The number of nitrogens with one attached hydrogen (secondary N) is 1. The van der Waals surface area contributed by atoms with E-state index in [2.05, 4.69) is 72.5 Å². The predicted molar refractivity (Wildman–Crippen MR) is 86.0 cm³/mol. The predicted octanol–water partition coefficient (Wildman–Crippen LogP) is 2.70. The number of hydrogen-bond donors (Lipinski definition) is 1. The van der Waals surface area contributed by atoms with Gasteiger partial charge in [-0.2, -0.15) is 10.1 Å². The van der Waals surface area contributed by atoms with Gasteiger partial charge in [-0.1, -0.05) is 19.1 Å². The molecule has 1 N–H and O–H groups in total. The van der Waals surface area contributed by atoms with E-state index in [1.54, 1.807) is 0 Å². The van der Waals surface area contributed by atoms with Gasteiger partial charge in [-0.25, -0.2) is 4.68 Å². The van der Waals surface area contributed by atoms with Crippen molar-refractivity contribution in [3.63, 3.8) is 0 Å². The normalized spacial score (nSPS) is 20.8. The highest BCUT2D eigenvalue weighted by molar-refractivity contribution is 5.47. The molecule has 2 atom stereocenters. The Labute approximate surface area is 126 Å². The van der Waals surface area contributed by atoms with E-state index in [4.69, 9.17) is 0 Å². The Bertz CT molecular complexity index is 614. The molecule has 2 heterocycles. The average molecular weight is 285 g/mol. The molecule has 0 unspecified atom stereocenters. The highest BCUT2D eigenvalue weighted by Gasteiger charge is 2.27. The molecule has 0 saturated carbocycles.